The summed E-state index contributed by atoms with van der Waals surface area (Å²) >= 11 is 0. The Morgan fingerprint density at radius 3 is 2.71 bits per heavy atom. The van der Waals surface area contributed by atoms with Gasteiger partial charge in [-0.25, -0.2) is 4.79 Å². The van der Waals surface area contributed by atoms with Gasteiger partial charge in [-0.3, -0.25) is 4.79 Å². The fourth-order valence-corrected chi connectivity index (χ4v) is 3.14. The van der Waals surface area contributed by atoms with Crippen molar-refractivity contribution in [2.45, 2.75) is 33.2 Å². The number of amides is 2. The van der Waals surface area contributed by atoms with Crippen LogP contribution < -0.4 is 10.6 Å². The minimum absolute atomic E-state index is 0.240. The number of fused-ring (bicyclic) bond motifs is 1. The van der Waals surface area contributed by atoms with Crippen LogP contribution in [0.25, 0.3) is 10.9 Å². The van der Waals surface area contributed by atoms with Crippen LogP contribution in [0.4, 0.5) is 10.5 Å². The van der Waals surface area contributed by atoms with E-state index in [0.29, 0.717) is 6.42 Å². The van der Waals surface area contributed by atoms with Gasteiger partial charge in [0.15, 0.2) is 0 Å². The fourth-order valence-electron chi connectivity index (χ4n) is 3.14. The van der Waals surface area contributed by atoms with Crippen LogP contribution in [0.15, 0.2) is 48.7 Å². The van der Waals surface area contributed by atoms with E-state index in [2.05, 4.69) is 15.6 Å². The minimum atomic E-state index is -0.766. The van der Waals surface area contributed by atoms with E-state index in [4.69, 9.17) is 4.74 Å². The molecule has 6 heteroatoms. The fraction of sp³-hybridized carbons (Fsp3) is 0.273. The van der Waals surface area contributed by atoms with Crippen LogP contribution in [0, 0.1) is 13.8 Å². The molecule has 0 unspecified atom stereocenters. The van der Waals surface area contributed by atoms with Crippen molar-refractivity contribution in [2.75, 3.05) is 11.9 Å². The number of rotatable bonds is 6. The second-order valence-electron chi connectivity index (χ2n) is 6.79. The first-order valence-corrected chi connectivity index (χ1v) is 9.34. The SMILES string of the molecule is CCOC(=O)N[C@H](Cc1c[nH]c2ccccc12)C(=O)Nc1cc(C)ccc1C. The zero-order valence-electron chi connectivity index (χ0n) is 16.3. The van der Waals surface area contributed by atoms with E-state index >= 15 is 0 Å². The van der Waals surface area contributed by atoms with Crippen LogP contribution in [-0.4, -0.2) is 29.6 Å². The summed E-state index contributed by atoms with van der Waals surface area (Å²) in [7, 11) is 0. The Hall–Kier alpha value is -3.28. The summed E-state index contributed by atoms with van der Waals surface area (Å²) in [5, 5.41) is 6.65. The van der Waals surface area contributed by atoms with E-state index in [1.807, 2.05) is 62.5 Å². The molecule has 0 bridgehead atoms. The number of para-hydroxylation sites is 1. The number of anilines is 1. The third-order valence-electron chi connectivity index (χ3n) is 4.63. The average Bonchev–Trinajstić information content (AvgIpc) is 3.07. The molecule has 3 aromatic rings. The lowest BCUT2D eigenvalue weighted by Crippen LogP contribution is -2.45. The van der Waals surface area contributed by atoms with Crippen LogP contribution in [0.3, 0.4) is 0 Å². The third kappa shape index (κ3) is 4.52. The maximum atomic E-state index is 13.0. The molecule has 6 nitrogen and oxygen atoms in total. The summed E-state index contributed by atoms with van der Waals surface area (Å²) in [4.78, 5) is 28.2. The summed E-state index contributed by atoms with van der Waals surface area (Å²) < 4.78 is 4.98. The molecule has 3 N–H and O–H groups in total. The lowest BCUT2D eigenvalue weighted by Gasteiger charge is -2.19. The number of ether oxygens (including phenoxy) is 1. The molecule has 146 valence electrons. The lowest BCUT2D eigenvalue weighted by atomic mass is 10.0. The molecule has 0 fully saturated rings. The molecule has 0 saturated carbocycles. The number of hydrogen-bond acceptors (Lipinski definition) is 3. The maximum absolute atomic E-state index is 13.0. The molecular weight excluding hydrogens is 354 g/mol. The second-order valence-corrected chi connectivity index (χ2v) is 6.79. The van der Waals surface area contributed by atoms with Gasteiger partial charge in [0.25, 0.3) is 0 Å². The molecule has 1 heterocycles. The Morgan fingerprint density at radius 1 is 1.14 bits per heavy atom. The first-order valence-electron chi connectivity index (χ1n) is 9.34. The van der Waals surface area contributed by atoms with Crippen molar-refractivity contribution in [3.8, 4) is 0 Å². The number of aromatic amines is 1. The predicted octanol–water partition coefficient (Wildman–Crippen LogP) is 4.08. The number of alkyl carbamates (subject to hydrolysis) is 1. The summed E-state index contributed by atoms with van der Waals surface area (Å²) in [5.41, 5.74) is 4.68. The van der Waals surface area contributed by atoms with Gasteiger partial charge < -0.3 is 20.4 Å². The first kappa shape index (κ1) is 19.5. The molecule has 0 radical (unpaired) electrons. The molecule has 0 aliphatic heterocycles. The van der Waals surface area contributed by atoms with Gasteiger partial charge in [-0.1, -0.05) is 30.3 Å². The monoisotopic (exact) mass is 379 g/mol. The van der Waals surface area contributed by atoms with Crippen molar-refractivity contribution in [1.29, 1.82) is 0 Å². The number of H-pyrrole nitrogens is 1. The number of benzene rings is 2. The van der Waals surface area contributed by atoms with Gasteiger partial charge in [0.2, 0.25) is 5.91 Å². The molecule has 1 atom stereocenters. The molecule has 1 aromatic heterocycles. The summed E-state index contributed by atoms with van der Waals surface area (Å²) in [6.45, 7) is 5.87. The van der Waals surface area contributed by atoms with Crippen LogP contribution in [0.2, 0.25) is 0 Å². The summed E-state index contributed by atoms with van der Waals surface area (Å²) in [6, 6.07) is 13.0. The first-order chi connectivity index (χ1) is 13.5. The average molecular weight is 379 g/mol. The normalized spacial score (nSPS) is 11.8. The second kappa shape index (κ2) is 8.61. The van der Waals surface area contributed by atoms with Crippen LogP contribution in [-0.2, 0) is 16.0 Å². The van der Waals surface area contributed by atoms with Crippen molar-refractivity contribution in [2.24, 2.45) is 0 Å². The standard InChI is InChI=1S/C22H25N3O3/c1-4-28-22(27)25-20(12-16-13-23-18-8-6-5-7-17(16)18)21(26)24-19-11-14(2)9-10-15(19)3/h5-11,13,20,23H,4,12H2,1-3H3,(H,24,26)(H,25,27)/t20-/m1/s1. The predicted molar refractivity (Wildman–Crippen MR) is 110 cm³/mol. The molecule has 0 aliphatic carbocycles. The lowest BCUT2D eigenvalue weighted by molar-refractivity contribution is -0.118. The molecular formula is C22H25N3O3. The molecule has 0 spiro atoms. The molecule has 0 saturated heterocycles. The van der Waals surface area contributed by atoms with Crippen LogP contribution in [0.5, 0.6) is 0 Å². The van der Waals surface area contributed by atoms with E-state index < -0.39 is 12.1 Å². The molecule has 28 heavy (non-hydrogen) atoms. The van der Waals surface area contributed by atoms with Gasteiger partial charge in [0, 0.05) is 29.2 Å². The van der Waals surface area contributed by atoms with Gasteiger partial charge in [-0.15, -0.1) is 0 Å². The van der Waals surface area contributed by atoms with Crippen LogP contribution >= 0.6 is 0 Å². The van der Waals surface area contributed by atoms with E-state index in [9.17, 15) is 9.59 Å². The van der Waals surface area contributed by atoms with Gasteiger partial charge in [-0.05, 0) is 49.6 Å². The molecule has 3 rings (SSSR count). The van der Waals surface area contributed by atoms with Gasteiger partial charge >= 0.3 is 6.09 Å². The quantitative estimate of drug-likeness (QED) is 0.603. The Labute approximate surface area is 164 Å². The smallest absolute Gasteiger partial charge is 0.407 e. The zero-order chi connectivity index (χ0) is 20.1. The van der Waals surface area contributed by atoms with Crippen molar-refractivity contribution in [1.82, 2.24) is 10.3 Å². The van der Waals surface area contributed by atoms with Crippen molar-refractivity contribution >= 4 is 28.6 Å². The number of aryl methyl sites for hydroxylation is 2. The highest BCUT2D eigenvalue weighted by Crippen LogP contribution is 2.21. The number of carbonyl (C=O) groups is 2. The maximum Gasteiger partial charge on any atom is 0.407 e. The highest BCUT2D eigenvalue weighted by molar-refractivity contribution is 5.98. The van der Waals surface area contributed by atoms with Crippen molar-refractivity contribution in [3.05, 3.63) is 65.4 Å². The molecule has 0 aliphatic rings. The molecule has 2 aromatic carbocycles. The topological polar surface area (TPSA) is 83.2 Å². The number of hydrogen-bond donors (Lipinski definition) is 3. The Bertz CT molecular complexity index is 994. The van der Waals surface area contributed by atoms with E-state index in [1.54, 1.807) is 6.92 Å². The van der Waals surface area contributed by atoms with E-state index in [1.165, 1.54) is 0 Å². The van der Waals surface area contributed by atoms with Crippen molar-refractivity contribution < 1.29 is 14.3 Å². The number of nitrogens with one attached hydrogen (secondary N) is 3. The highest BCUT2D eigenvalue weighted by atomic mass is 16.5. The van der Waals surface area contributed by atoms with E-state index in [0.717, 1.165) is 33.3 Å². The van der Waals surface area contributed by atoms with Gasteiger partial charge in [-0.2, -0.15) is 0 Å². The van der Waals surface area contributed by atoms with Crippen LogP contribution in [0.1, 0.15) is 23.6 Å². The highest BCUT2D eigenvalue weighted by Gasteiger charge is 2.23. The number of carbonyl (C=O) groups excluding carboxylic acids is 2. The van der Waals surface area contributed by atoms with Crippen molar-refractivity contribution in [3.63, 3.8) is 0 Å². The Kier molecular flexibility index (Phi) is 5.99. The number of aromatic nitrogens is 1. The summed E-state index contributed by atoms with van der Waals surface area (Å²) in [5.74, 6) is -0.285. The third-order valence-corrected chi connectivity index (χ3v) is 4.63. The van der Waals surface area contributed by atoms with Gasteiger partial charge in [0.1, 0.15) is 6.04 Å². The molecule has 2 amide bonds. The Balaban J connectivity index is 1.84. The zero-order valence-corrected chi connectivity index (χ0v) is 16.3. The largest absolute Gasteiger partial charge is 0.450 e. The Morgan fingerprint density at radius 2 is 1.93 bits per heavy atom. The minimum Gasteiger partial charge on any atom is -0.450 e. The summed E-state index contributed by atoms with van der Waals surface area (Å²) in [6.07, 6.45) is 1.61. The van der Waals surface area contributed by atoms with Gasteiger partial charge in [0.05, 0.1) is 6.61 Å². The van der Waals surface area contributed by atoms with E-state index in [-0.39, 0.29) is 12.5 Å².